The Morgan fingerprint density at radius 1 is 1.20 bits per heavy atom. The molecular weight excluding hydrogens is 388 g/mol. The van der Waals surface area contributed by atoms with E-state index in [9.17, 15) is 0 Å². The van der Waals surface area contributed by atoms with Gasteiger partial charge >= 0.3 is 0 Å². The van der Waals surface area contributed by atoms with Gasteiger partial charge in [-0.2, -0.15) is 0 Å². The van der Waals surface area contributed by atoms with E-state index in [4.69, 9.17) is 9.47 Å². The first-order valence-electron chi connectivity index (χ1n) is 6.12. The molecule has 0 radical (unpaired) electrons. The third kappa shape index (κ3) is 2.97. The van der Waals surface area contributed by atoms with Gasteiger partial charge in [-0.05, 0) is 44.0 Å². The van der Waals surface area contributed by atoms with E-state index in [0.29, 0.717) is 19.9 Å². The molecule has 4 nitrogen and oxygen atoms in total. The van der Waals surface area contributed by atoms with Gasteiger partial charge < -0.3 is 14.8 Å². The first-order valence-corrected chi connectivity index (χ1v) is 7.71. The molecule has 6 heteroatoms. The first kappa shape index (κ1) is 13.9. The van der Waals surface area contributed by atoms with Crippen LogP contribution in [-0.4, -0.2) is 11.8 Å². The van der Waals surface area contributed by atoms with Crippen molar-refractivity contribution in [1.82, 2.24) is 10.3 Å². The maximum Gasteiger partial charge on any atom is 0.231 e. The van der Waals surface area contributed by atoms with Gasteiger partial charge in [-0.3, -0.25) is 4.98 Å². The number of pyridine rings is 1. The summed E-state index contributed by atoms with van der Waals surface area (Å²) < 4.78 is 12.8. The predicted molar refractivity (Wildman–Crippen MR) is 82.7 cm³/mol. The van der Waals surface area contributed by atoms with E-state index < -0.39 is 0 Å². The fourth-order valence-electron chi connectivity index (χ4n) is 2.02. The molecule has 0 amide bonds. The Balaban J connectivity index is 1.64. The molecular formula is C14H12Br2N2O2. The minimum atomic E-state index is 0.298. The summed E-state index contributed by atoms with van der Waals surface area (Å²) in [6.45, 7) is 1.68. The van der Waals surface area contributed by atoms with Crippen molar-refractivity contribution in [2.45, 2.75) is 13.1 Å². The van der Waals surface area contributed by atoms with Crippen LogP contribution in [0.2, 0.25) is 0 Å². The van der Waals surface area contributed by atoms with E-state index in [2.05, 4.69) is 42.2 Å². The normalized spacial score (nSPS) is 12.7. The number of ether oxygens (including phenoxy) is 2. The number of para-hydroxylation sites is 1. The van der Waals surface area contributed by atoms with Gasteiger partial charge in [0.05, 0.1) is 5.69 Å². The molecule has 1 N–H and O–H groups in total. The van der Waals surface area contributed by atoms with Crippen molar-refractivity contribution in [2.75, 3.05) is 6.79 Å². The van der Waals surface area contributed by atoms with Crippen LogP contribution in [-0.2, 0) is 13.1 Å². The fourth-order valence-corrected chi connectivity index (χ4v) is 3.15. The average Bonchev–Trinajstić information content (AvgIpc) is 2.90. The molecule has 1 aromatic heterocycles. The second-order valence-corrected chi connectivity index (χ2v) is 6.11. The van der Waals surface area contributed by atoms with Gasteiger partial charge in [0.1, 0.15) is 0 Å². The second-order valence-electron chi connectivity index (χ2n) is 4.34. The molecule has 0 saturated carbocycles. The topological polar surface area (TPSA) is 43.4 Å². The van der Waals surface area contributed by atoms with Gasteiger partial charge in [-0.1, -0.05) is 12.1 Å². The summed E-state index contributed by atoms with van der Waals surface area (Å²) in [5.74, 6) is 1.65. The van der Waals surface area contributed by atoms with Crippen molar-refractivity contribution in [1.29, 1.82) is 0 Å². The first-order chi connectivity index (χ1) is 9.74. The Morgan fingerprint density at radius 2 is 2.10 bits per heavy atom. The highest BCUT2D eigenvalue weighted by Gasteiger charge is 2.16. The molecule has 0 saturated heterocycles. The number of hydrogen-bond acceptors (Lipinski definition) is 4. The third-order valence-corrected chi connectivity index (χ3v) is 4.09. The van der Waals surface area contributed by atoms with Crippen LogP contribution in [0.3, 0.4) is 0 Å². The summed E-state index contributed by atoms with van der Waals surface area (Å²) in [5, 5.41) is 3.36. The molecule has 0 aliphatic carbocycles. The standard InChI is InChI=1S/C14H12Br2N2O2/c15-10-4-11(16)12(18-6-10)7-17-5-9-2-1-3-13-14(9)20-8-19-13/h1-4,6,17H,5,7-8H2. The summed E-state index contributed by atoms with van der Waals surface area (Å²) in [6.07, 6.45) is 1.79. The van der Waals surface area contributed by atoms with Gasteiger partial charge in [0.25, 0.3) is 0 Å². The highest BCUT2D eigenvalue weighted by molar-refractivity contribution is 9.11. The lowest BCUT2D eigenvalue weighted by Crippen LogP contribution is -2.14. The molecule has 0 spiro atoms. The maximum atomic E-state index is 5.48. The highest BCUT2D eigenvalue weighted by atomic mass is 79.9. The molecule has 0 bridgehead atoms. The molecule has 1 aliphatic rings. The Morgan fingerprint density at radius 3 is 2.95 bits per heavy atom. The van der Waals surface area contributed by atoms with Crippen LogP contribution in [0.25, 0.3) is 0 Å². The lowest BCUT2D eigenvalue weighted by Gasteiger charge is -2.08. The number of aromatic nitrogens is 1. The summed E-state index contributed by atoms with van der Waals surface area (Å²) in [6, 6.07) is 7.91. The van der Waals surface area contributed by atoms with Crippen LogP contribution in [0.4, 0.5) is 0 Å². The molecule has 20 heavy (non-hydrogen) atoms. The predicted octanol–water partition coefficient (Wildman–Crippen LogP) is 3.63. The second kappa shape index (κ2) is 6.11. The van der Waals surface area contributed by atoms with Crippen molar-refractivity contribution < 1.29 is 9.47 Å². The highest BCUT2D eigenvalue weighted by Crippen LogP contribution is 2.35. The number of nitrogens with one attached hydrogen (secondary N) is 1. The minimum Gasteiger partial charge on any atom is -0.454 e. The van der Waals surface area contributed by atoms with Crippen molar-refractivity contribution in [3.8, 4) is 11.5 Å². The Hall–Kier alpha value is -1.11. The van der Waals surface area contributed by atoms with Crippen LogP contribution >= 0.6 is 31.9 Å². The Labute approximate surface area is 133 Å². The van der Waals surface area contributed by atoms with Crippen molar-refractivity contribution in [3.63, 3.8) is 0 Å². The van der Waals surface area contributed by atoms with Crippen LogP contribution in [0, 0.1) is 0 Å². The van der Waals surface area contributed by atoms with Gasteiger partial charge in [0.2, 0.25) is 6.79 Å². The van der Waals surface area contributed by atoms with Crippen LogP contribution in [0.15, 0.2) is 39.4 Å². The Bertz CT molecular complexity index is 635. The van der Waals surface area contributed by atoms with Crippen molar-refractivity contribution in [3.05, 3.63) is 50.7 Å². The molecule has 104 valence electrons. The quantitative estimate of drug-likeness (QED) is 0.852. The smallest absolute Gasteiger partial charge is 0.231 e. The van der Waals surface area contributed by atoms with Crippen LogP contribution < -0.4 is 14.8 Å². The maximum absolute atomic E-state index is 5.48. The van der Waals surface area contributed by atoms with E-state index in [0.717, 1.165) is 31.7 Å². The van der Waals surface area contributed by atoms with Crippen molar-refractivity contribution in [2.24, 2.45) is 0 Å². The van der Waals surface area contributed by atoms with Crippen LogP contribution in [0.5, 0.6) is 11.5 Å². The number of hydrogen-bond donors (Lipinski definition) is 1. The summed E-state index contributed by atoms with van der Waals surface area (Å²) in [5.41, 5.74) is 2.06. The van der Waals surface area contributed by atoms with Gasteiger partial charge in [0, 0.05) is 33.8 Å². The molecule has 1 aromatic carbocycles. The lowest BCUT2D eigenvalue weighted by atomic mass is 10.2. The number of nitrogens with zero attached hydrogens (tertiary/aromatic N) is 1. The number of benzene rings is 1. The van der Waals surface area contributed by atoms with Crippen molar-refractivity contribution >= 4 is 31.9 Å². The lowest BCUT2D eigenvalue weighted by molar-refractivity contribution is 0.173. The molecule has 2 heterocycles. The minimum absolute atomic E-state index is 0.298. The van der Waals surface area contributed by atoms with E-state index in [-0.39, 0.29) is 0 Å². The summed E-state index contributed by atoms with van der Waals surface area (Å²) >= 11 is 6.90. The number of fused-ring (bicyclic) bond motifs is 1. The van der Waals surface area contributed by atoms with E-state index in [1.165, 1.54) is 0 Å². The number of halogens is 2. The zero-order valence-electron chi connectivity index (χ0n) is 10.5. The molecule has 3 rings (SSSR count). The molecule has 0 unspecified atom stereocenters. The largest absolute Gasteiger partial charge is 0.454 e. The fraction of sp³-hybridized carbons (Fsp3) is 0.214. The Kier molecular flexibility index (Phi) is 4.24. The molecule has 0 atom stereocenters. The van der Waals surface area contributed by atoms with Gasteiger partial charge in [-0.25, -0.2) is 0 Å². The zero-order chi connectivity index (χ0) is 13.9. The van der Waals surface area contributed by atoms with Crippen LogP contribution in [0.1, 0.15) is 11.3 Å². The monoisotopic (exact) mass is 398 g/mol. The van der Waals surface area contributed by atoms with Gasteiger partial charge in [0.15, 0.2) is 11.5 Å². The summed E-state index contributed by atoms with van der Waals surface area (Å²) in [4.78, 5) is 4.37. The van der Waals surface area contributed by atoms with E-state index >= 15 is 0 Å². The zero-order valence-corrected chi connectivity index (χ0v) is 13.7. The van der Waals surface area contributed by atoms with Gasteiger partial charge in [-0.15, -0.1) is 0 Å². The SMILES string of the molecule is Brc1cnc(CNCc2cccc3c2OCO3)c(Br)c1. The summed E-state index contributed by atoms with van der Waals surface area (Å²) in [7, 11) is 0. The molecule has 0 fully saturated rings. The third-order valence-electron chi connectivity index (χ3n) is 2.97. The number of rotatable bonds is 4. The average molecular weight is 400 g/mol. The molecule has 1 aliphatic heterocycles. The van der Waals surface area contributed by atoms with E-state index in [1.807, 2.05) is 24.3 Å². The molecule has 2 aromatic rings. The van der Waals surface area contributed by atoms with E-state index in [1.54, 1.807) is 6.20 Å².